The summed E-state index contributed by atoms with van der Waals surface area (Å²) >= 11 is 0. The predicted molar refractivity (Wildman–Crippen MR) is 90.7 cm³/mol. The van der Waals surface area contributed by atoms with Crippen molar-refractivity contribution < 1.29 is 9.59 Å². The molecule has 3 rings (SSSR count). The average molecular weight is 319 g/mol. The standard InChI is InChI=1S/C19H17N3O2/c20-13-14-7-9-15(10-8-14)18(23)21-17-6-2-1-5-16(17)19(24)22-11-3-4-12-22/h1-2,5-10H,3-4,11-12H2,(H,21,23). The van der Waals surface area contributed by atoms with Gasteiger partial charge in [-0.2, -0.15) is 5.26 Å². The highest BCUT2D eigenvalue weighted by atomic mass is 16.2. The number of anilines is 1. The molecule has 2 amide bonds. The number of nitrogens with zero attached hydrogens (tertiary/aromatic N) is 2. The second kappa shape index (κ2) is 6.97. The number of rotatable bonds is 3. The number of hydrogen-bond acceptors (Lipinski definition) is 3. The van der Waals surface area contributed by atoms with Gasteiger partial charge in [-0.05, 0) is 49.2 Å². The van der Waals surface area contributed by atoms with Crippen LogP contribution in [0.2, 0.25) is 0 Å². The molecule has 5 heteroatoms. The molecule has 0 atom stereocenters. The highest BCUT2D eigenvalue weighted by Gasteiger charge is 2.22. The molecule has 0 bridgehead atoms. The predicted octanol–water partition coefficient (Wildman–Crippen LogP) is 3.05. The Hall–Kier alpha value is -3.13. The molecule has 1 aliphatic rings. The molecule has 1 saturated heterocycles. The van der Waals surface area contributed by atoms with Gasteiger partial charge in [0.1, 0.15) is 0 Å². The van der Waals surface area contributed by atoms with Crippen LogP contribution in [0.5, 0.6) is 0 Å². The lowest BCUT2D eigenvalue weighted by Gasteiger charge is -2.18. The van der Waals surface area contributed by atoms with Gasteiger partial charge in [-0.3, -0.25) is 9.59 Å². The van der Waals surface area contributed by atoms with Crippen LogP contribution in [0, 0.1) is 11.3 Å². The van der Waals surface area contributed by atoms with E-state index >= 15 is 0 Å². The Morgan fingerprint density at radius 3 is 2.33 bits per heavy atom. The molecular formula is C19H17N3O2. The molecule has 1 fully saturated rings. The van der Waals surface area contributed by atoms with E-state index < -0.39 is 0 Å². The van der Waals surface area contributed by atoms with Crippen molar-refractivity contribution in [3.63, 3.8) is 0 Å². The first-order chi connectivity index (χ1) is 11.7. The van der Waals surface area contributed by atoms with E-state index in [0.29, 0.717) is 22.4 Å². The Balaban J connectivity index is 1.80. The minimum Gasteiger partial charge on any atom is -0.339 e. The number of hydrogen-bond donors (Lipinski definition) is 1. The van der Waals surface area contributed by atoms with E-state index in [1.165, 1.54) is 0 Å². The Morgan fingerprint density at radius 2 is 1.67 bits per heavy atom. The van der Waals surface area contributed by atoms with Crippen LogP contribution in [-0.4, -0.2) is 29.8 Å². The number of para-hydroxylation sites is 1. The fourth-order valence-corrected chi connectivity index (χ4v) is 2.76. The Labute approximate surface area is 140 Å². The lowest BCUT2D eigenvalue weighted by molar-refractivity contribution is 0.0794. The van der Waals surface area contributed by atoms with E-state index in [1.807, 2.05) is 11.0 Å². The maximum Gasteiger partial charge on any atom is 0.255 e. The van der Waals surface area contributed by atoms with E-state index in [0.717, 1.165) is 25.9 Å². The van der Waals surface area contributed by atoms with Crippen LogP contribution in [0.15, 0.2) is 48.5 Å². The summed E-state index contributed by atoms with van der Waals surface area (Å²) in [6.45, 7) is 1.52. The zero-order valence-corrected chi connectivity index (χ0v) is 13.2. The van der Waals surface area contributed by atoms with Gasteiger partial charge in [0, 0.05) is 18.7 Å². The summed E-state index contributed by atoms with van der Waals surface area (Å²) in [4.78, 5) is 26.8. The number of carbonyl (C=O) groups excluding carboxylic acids is 2. The van der Waals surface area contributed by atoms with Crippen molar-refractivity contribution in [3.8, 4) is 6.07 Å². The minimum atomic E-state index is -0.304. The molecule has 0 saturated carbocycles. The number of benzene rings is 2. The van der Waals surface area contributed by atoms with Gasteiger partial charge in [0.2, 0.25) is 0 Å². The fourth-order valence-electron chi connectivity index (χ4n) is 2.76. The third-order valence-electron chi connectivity index (χ3n) is 4.08. The summed E-state index contributed by atoms with van der Waals surface area (Å²) < 4.78 is 0. The molecule has 24 heavy (non-hydrogen) atoms. The van der Waals surface area contributed by atoms with Crippen LogP contribution in [-0.2, 0) is 0 Å². The van der Waals surface area contributed by atoms with E-state index in [1.54, 1.807) is 48.5 Å². The van der Waals surface area contributed by atoms with E-state index in [2.05, 4.69) is 5.32 Å². The number of nitriles is 1. The molecule has 2 aromatic carbocycles. The molecular weight excluding hydrogens is 302 g/mol. The number of carbonyl (C=O) groups is 2. The van der Waals surface area contributed by atoms with Crippen LogP contribution in [0.3, 0.4) is 0 Å². The van der Waals surface area contributed by atoms with Crippen LogP contribution in [0.4, 0.5) is 5.69 Å². The summed E-state index contributed by atoms with van der Waals surface area (Å²) in [5, 5.41) is 11.6. The second-order valence-corrected chi connectivity index (χ2v) is 5.69. The van der Waals surface area contributed by atoms with Gasteiger partial charge in [-0.25, -0.2) is 0 Å². The third kappa shape index (κ3) is 3.28. The average Bonchev–Trinajstić information content (AvgIpc) is 3.16. The maximum atomic E-state index is 12.6. The van der Waals surface area contributed by atoms with Gasteiger partial charge in [-0.15, -0.1) is 0 Å². The maximum absolute atomic E-state index is 12.6. The minimum absolute atomic E-state index is 0.0526. The Morgan fingerprint density at radius 1 is 1.00 bits per heavy atom. The van der Waals surface area contributed by atoms with Crippen molar-refractivity contribution in [3.05, 3.63) is 65.2 Å². The highest BCUT2D eigenvalue weighted by Crippen LogP contribution is 2.21. The molecule has 5 nitrogen and oxygen atoms in total. The van der Waals surface area contributed by atoms with Gasteiger partial charge in [0.05, 0.1) is 22.9 Å². The van der Waals surface area contributed by atoms with Gasteiger partial charge in [-0.1, -0.05) is 12.1 Å². The summed E-state index contributed by atoms with van der Waals surface area (Å²) in [7, 11) is 0. The molecule has 1 heterocycles. The second-order valence-electron chi connectivity index (χ2n) is 5.69. The number of nitrogens with one attached hydrogen (secondary N) is 1. The monoisotopic (exact) mass is 319 g/mol. The molecule has 0 aromatic heterocycles. The van der Waals surface area contributed by atoms with Crippen molar-refractivity contribution in [2.24, 2.45) is 0 Å². The highest BCUT2D eigenvalue weighted by molar-refractivity contribution is 6.09. The van der Waals surface area contributed by atoms with E-state index in [4.69, 9.17) is 5.26 Å². The van der Waals surface area contributed by atoms with Crippen molar-refractivity contribution in [2.45, 2.75) is 12.8 Å². The molecule has 1 N–H and O–H groups in total. The van der Waals surface area contributed by atoms with E-state index in [9.17, 15) is 9.59 Å². The zero-order valence-electron chi connectivity index (χ0n) is 13.2. The van der Waals surface area contributed by atoms with Crippen molar-refractivity contribution in [1.29, 1.82) is 5.26 Å². The summed E-state index contributed by atoms with van der Waals surface area (Å²) in [6.07, 6.45) is 2.04. The molecule has 120 valence electrons. The van der Waals surface area contributed by atoms with Crippen molar-refractivity contribution in [1.82, 2.24) is 4.90 Å². The first-order valence-corrected chi connectivity index (χ1v) is 7.89. The molecule has 0 radical (unpaired) electrons. The molecule has 0 aliphatic carbocycles. The SMILES string of the molecule is N#Cc1ccc(C(=O)Nc2ccccc2C(=O)N2CCCC2)cc1. The van der Waals surface area contributed by atoms with Crippen LogP contribution in [0.1, 0.15) is 39.1 Å². The topological polar surface area (TPSA) is 73.2 Å². The molecule has 0 unspecified atom stereocenters. The van der Waals surface area contributed by atoms with E-state index in [-0.39, 0.29) is 11.8 Å². The Kier molecular flexibility index (Phi) is 4.57. The molecule has 2 aromatic rings. The molecule has 1 aliphatic heterocycles. The summed E-state index contributed by atoms with van der Waals surface area (Å²) in [5.41, 5.74) is 1.94. The van der Waals surface area contributed by atoms with Gasteiger partial charge >= 0.3 is 0 Å². The smallest absolute Gasteiger partial charge is 0.255 e. The summed E-state index contributed by atoms with van der Waals surface area (Å²) in [6, 6.07) is 15.4. The fraction of sp³-hybridized carbons (Fsp3) is 0.211. The first-order valence-electron chi connectivity index (χ1n) is 7.89. The third-order valence-corrected chi connectivity index (χ3v) is 4.08. The van der Waals surface area contributed by atoms with Gasteiger partial charge < -0.3 is 10.2 Å². The van der Waals surface area contributed by atoms with Crippen molar-refractivity contribution in [2.75, 3.05) is 18.4 Å². The Bertz CT molecular complexity index is 800. The van der Waals surface area contributed by atoms with Crippen molar-refractivity contribution >= 4 is 17.5 Å². The lowest BCUT2D eigenvalue weighted by atomic mass is 10.1. The normalized spacial score (nSPS) is 13.4. The van der Waals surface area contributed by atoms with Gasteiger partial charge in [0.15, 0.2) is 0 Å². The molecule has 0 spiro atoms. The number of likely N-dealkylation sites (tertiary alicyclic amines) is 1. The largest absolute Gasteiger partial charge is 0.339 e. The summed E-state index contributed by atoms with van der Waals surface area (Å²) in [5.74, 6) is -0.357. The zero-order chi connectivity index (χ0) is 16.9. The van der Waals surface area contributed by atoms with Crippen LogP contribution < -0.4 is 5.32 Å². The van der Waals surface area contributed by atoms with Crippen LogP contribution in [0.25, 0.3) is 0 Å². The number of amides is 2. The van der Waals surface area contributed by atoms with Gasteiger partial charge in [0.25, 0.3) is 11.8 Å². The first kappa shape index (κ1) is 15.8. The van der Waals surface area contributed by atoms with Crippen LogP contribution >= 0.6 is 0 Å². The lowest BCUT2D eigenvalue weighted by Crippen LogP contribution is -2.28. The quantitative estimate of drug-likeness (QED) is 0.945.